The molecule has 0 heterocycles. The highest BCUT2D eigenvalue weighted by atomic mass is 17.5. The van der Waals surface area contributed by atoms with Crippen LogP contribution in [0.4, 0.5) is 0 Å². The third-order valence-corrected chi connectivity index (χ3v) is 11.8. The highest BCUT2D eigenvalue weighted by Crippen LogP contribution is 2.73. The van der Waals surface area contributed by atoms with Gasteiger partial charge in [0.25, 0.3) is 0 Å². The van der Waals surface area contributed by atoms with Crippen LogP contribution in [-0.2, 0) is 19.7 Å². The van der Waals surface area contributed by atoms with Gasteiger partial charge in [0, 0.05) is 45.8 Å². The summed E-state index contributed by atoms with van der Waals surface area (Å²) < 4.78 is 0. The van der Waals surface area contributed by atoms with Gasteiger partial charge in [0.2, 0.25) is 0 Å². The number of fused-ring (bicyclic) bond motifs is 7. The Morgan fingerprint density at radius 3 is 2.40 bits per heavy atom. The summed E-state index contributed by atoms with van der Waals surface area (Å²) in [7, 11) is 0. The molecule has 0 spiro atoms. The van der Waals surface area contributed by atoms with Crippen molar-refractivity contribution in [3.05, 3.63) is 198 Å². The summed E-state index contributed by atoms with van der Waals surface area (Å²) in [6, 6.07) is 0. The maximum Gasteiger partial charge on any atom is 0.181 e. The fraction of sp³-hybridized carbons (Fsp3) is 0.190. The van der Waals surface area contributed by atoms with Crippen LogP contribution in [0, 0.1) is 17.8 Å². The molecule has 0 saturated heterocycles. The first-order chi connectivity index (χ1) is 23.5. The Morgan fingerprint density at radius 2 is 1.71 bits per heavy atom. The van der Waals surface area contributed by atoms with Gasteiger partial charge in [-0.2, -0.15) is 4.89 Å². The van der Waals surface area contributed by atoms with Gasteiger partial charge in [-0.15, -0.1) is 0 Å². The minimum absolute atomic E-state index is 0.0292. The summed E-state index contributed by atoms with van der Waals surface area (Å²) in [6.45, 7) is 5.99. The van der Waals surface area contributed by atoms with Gasteiger partial charge in [0.1, 0.15) is 11.5 Å². The van der Waals surface area contributed by atoms with Crippen molar-refractivity contribution in [1.29, 1.82) is 0 Å². The molecule has 6 heteroatoms. The van der Waals surface area contributed by atoms with Crippen LogP contribution < -0.4 is 0 Å². The molecule has 11 rings (SSSR count). The van der Waals surface area contributed by atoms with Crippen molar-refractivity contribution in [2.75, 3.05) is 0 Å². The lowest BCUT2D eigenvalue weighted by molar-refractivity contribution is -0.518. The molecule has 234 valence electrons. The molecule has 2 N–H and O–H groups in total. The Labute approximate surface area is 277 Å². The number of hydrogen-bond acceptors (Lipinski definition) is 6. The second-order valence-electron chi connectivity index (χ2n) is 14.2. The van der Waals surface area contributed by atoms with Crippen molar-refractivity contribution in [2.45, 2.75) is 31.8 Å². The molecule has 0 aromatic rings. The summed E-state index contributed by atoms with van der Waals surface area (Å²) >= 11 is 0. The summed E-state index contributed by atoms with van der Waals surface area (Å²) in [5, 5.41) is 26.2. The molecule has 6 nitrogen and oxygen atoms in total. The first-order valence-electron chi connectivity index (χ1n) is 16.6. The van der Waals surface area contributed by atoms with E-state index in [1.54, 1.807) is 0 Å². The summed E-state index contributed by atoms with van der Waals surface area (Å²) in [4.78, 5) is 16.7. The van der Waals surface area contributed by atoms with E-state index in [4.69, 9.17) is 19.7 Å². The maximum absolute atomic E-state index is 10.9. The van der Waals surface area contributed by atoms with Crippen molar-refractivity contribution in [3.8, 4) is 0 Å². The van der Waals surface area contributed by atoms with Crippen molar-refractivity contribution in [3.63, 3.8) is 0 Å². The average molecular weight is 631 g/mol. The number of rotatable bonds is 10. The molecule has 1 saturated carbocycles. The van der Waals surface area contributed by atoms with Crippen molar-refractivity contribution < 1.29 is 30.1 Å². The second-order valence-corrected chi connectivity index (χ2v) is 14.2. The molecule has 11 aliphatic rings. The van der Waals surface area contributed by atoms with E-state index in [1.807, 2.05) is 49.5 Å². The zero-order valence-corrected chi connectivity index (χ0v) is 26.2. The lowest BCUT2D eigenvalue weighted by Crippen LogP contribution is -2.55. The number of aliphatic hydroxyl groups is 1. The molecule has 1 fully saturated rings. The lowest BCUT2D eigenvalue weighted by Gasteiger charge is -2.57. The number of hydrogen-bond donors (Lipinski definition) is 2. The molecule has 4 atom stereocenters. The van der Waals surface area contributed by atoms with Crippen LogP contribution in [0.1, 0.15) is 26.2 Å². The fourth-order valence-corrected chi connectivity index (χ4v) is 9.10. The van der Waals surface area contributed by atoms with Gasteiger partial charge < -0.3 is 14.9 Å². The van der Waals surface area contributed by atoms with Gasteiger partial charge in [-0.25, -0.2) is 5.26 Å². The monoisotopic (exact) mass is 630 g/mol. The molecule has 0 aromatic heterocycles. The third kappa shape index (κ3) is 3.14. The molecule has 0 aromatic carbocycles. The topological polar surface area (TPSA) is 77.4 Å². The van der Waals surface area contributed by atoms with Crippen LogP contribution >= 0.6 is 0 Å². The lowest BCUT2D eigenvalue weighted by atomic mass is 9.49. The normalized spacial score (nSPS) is 33.3. The number of aliphatic hydroxyl groups excluding tert-OH is 1. The number of allylic oxidation sites excluding steroid dienone is 23. The van der Waals surface area contributed by atoms with Gasteiger partial charge in [-0.1, -0.05) is 67.3 Å². The summed E-state index contributed by atoms with van der Waals surface area (Å²) in [5.74, 6) is 2.57. The molecular weight excluding hydrogens is 600 g/mol. The van der Waals surface area contributed by atoms with Gasteiger partial charge in [-0.3, -0.25) is 0 Å². The van der Waals surface area contributed by atoms with E-state index >= 15 is 0 Å². The van der Waals surface area contributed by atoms with Crippen molar-refractivity contribution >= 4 is 0 Å². The SMILES string of the molecule is C=C(C)C1=C(C2=CC=C2)C(C2=CC(C3=C/C(=C4/C=C(OOOC56C(=CC7=C5C5CCC75)C5=C6C=C5C5=CC=C5)C4)C(O)=C3)C=C2)=C1OO. The van der Waals surface area contributed by atoms with E-state index in [0.29, 0.717) is 29.8 Å². The van der Waals surface area contributed by atoms with Crippen LogP contribution in [0.3, 0.4) is 0 Å². The van der Waals surface area contributed by atoms with E-state index in [9.17, 15) is 10.4 Å². The molecule has 0 bridgehead atoms. The first-order valence-corrected chi connectivity index (χ1v) is 16.6. The highest BCUT2D eigenvalue weighted by Gasteiger charge is 2.68. The highest BCUT2D eigenvalue weighted by molar-refractivity contribution is 5.91. The van der Waals surface area contributed by atoms with Gasteiger partial charge in [0.15, 0.2) is 11.4 Å². The minimum atomic E-state index is -0.617. The molecule has 0 amide bonds. The molecule has 0 aliphatic heterocycles. The first kappa shape index (κ1) is 26.9. The average Bonchev–Trinajstić information content (AvgIpc) is 3.63. The molecule has 48 heavy (non-hydrogen) atoms. The predicted molar refractivity (Wildman–Crippen MR) is 179 cm³/mol. The van der Waals surface area contributed by atoms with Crippen LogP contribution in [0.15, 0.2) is 198 Å². The van der Waals surface area contributed by atoms with Crippen molar-refractivity contribution in [2.24, 2.45) is 17.8 Å². The van der Waals surface area contributed by atoms with Gasteiger partial charge >= 0.3 is 0 Å². The molecule has 0 radical (unpaired) electrons. The van der Waals surface area contributed by atoms with E-state index < -0.39 is 5.60 Å². The molecular formula is C42H30O6. The Morgan fingerprint density at radius 1 is 0.917 bits per heavy atom. The quantitative estimate of drug-likeness (QED) is 0.186. The largest absolute Gasteiger partial charge is 0.507 e. The van der Waals surface area contributed by atoms with E-state index in [-0.39, 0.29) is 11.7 Å². The molecule has 4 unspecified atom stereocenters. The fourth-order valence-electron chi connectivity index (χ4n) is 9.10. The zero-order chi connectivity index (χ0) is 32.1. The van der Waals surface area contributed by atoms with E-state index in [2.05, 4.69) is 49.1 Å². The molecule has 11 aliphatic carbocycles. The maximum atomic E-state index is 10.9. The second kappa shape index (κ2) is 9.05. The summed E-state index contributed by atoms with van der Waals surface area (Å²) in [5.41, 5.74) is 16.9. The zero-order valence-electron chi connectivity index (χ0n) is 26.2. The van der Waals surface area contributed by atoms with Crippen LogP contribution in [0.25, 0.3) is 0 Å². The predicted octanol–water partition coefficient (Wildman–Crippen LogP) is 8.83. The van der Waals surface area contributed by atoms with Gasteiger partial charge in [-0.05, 0) is 117 Å². The van der Waals surface area contributed by atoms with Gasteiger partial charge in [0.05, 0.1) is 0 Å². The van der Waals surface area contributed by atoms with Crippen LogP contribution in [-0.4, -0.2) is 16.0 Å². The Kier molecular flexibility index (Phi) is 5.07. The van der Waals surface area contributed by atoms with E-state index in [1.165, 1.54) is 51.9 Å². The minimum Gasteiger partial charge on any atom is -0.507 e. The Balaban J connectivity index is 0.789. The van der Waals surface area contributed by atoms with Crippen molar-refractivity contribution in [1.82, 2.24) is 0 Å². The van der Waals surface area contributed by atoms with E-state index in [0.717, 1.165) is 50.2 Å². The Bertz CT molecular complexity index is 2290. The van der Waals surface area contributed by atoms with Crippen LogP contribution in [0.2, 0.25) is 0 Å². The summed E-state index contributed by atoms with van der Waals surface area (Å²) in [6.07, 6.45) is 32.1. The Hall–Kier alpha value is -5.14. The smallest absolute Gasteiger partial charge is 0.181 e. The standard InChI is InChI=1S/C42H30O6/c1-20(2)36-37(22-7-4-8-22)38(41(36)45-44)24-10-9-23(13-24)25-16-30(35(43)17-25)26-14-27(15-26)46-48-47-42-33-18-31(21-5-3-6-21)39(33)34(42)19-32-28-11-12-29(28)40(32)42/h3-10,13-14,16-19,23,28-29,43-44H,1,11-12,15H2,2H3/b30-26+. The van der Waals surface area contributed by atoms with Crippen LogP contribution in [0.5, 0.6) is 0 Å². The third-order valence-electron chi connectivity index (χ3n) is 11.8.